The first-order valence-electron chi connectivity index (χ1n) is 8.24. The third kappa shape index (κ3) is 3.42. The highest BCUT2D eigenvalue weighted by Gasteiger charge is 2.36. The number of nitrogens with two attached hydrogens (primary N) is 2. The third-order valence-corrected chi connectivity index (χ3v) is 4.46. The van der Waals surface area contributed by atoms with Gasteiger partial charge < -0.3 is 15.0 Å². The number of ether oxygens (including phenoxy) is 1. The molecule has 3 aromatic rings. The Bertz CT molecular complexity index is 1050. The Morgan fingerprint density at radius 2 is 2.07 bits per heavy atom. The third-order valence-electron chi connectivity index (χ3n) is 4.46. The zero-order valence-corrected chi connectivity index (χ0v) is 14.6. The molecule has 0 fully saturated rings. The first-order chi connectivity index (χ1) is 12.8. The minimum atomic E-state index is -2.82. The summed E-state index contributed by atoms with van der Waals surface area (Å²) in [5.41, 5.74) is 11.2. The van der Waals surface area contributed by atoms with E-state index < -0.39 is 31.7 Å². The quantitative estimate of drug-likeness (QED) is 0.506. The summed E-state index contributed by atoms with van der Waals surface area (Å²) in [6.07, 6.45) is -1.34. The molecule has 0 saturated heterocycles. The number of pyridine rings is 2. The van der Waals surface area contributed by atoms with Crippen LogP contribution in [0.4, 0.5) is 19.0 Å². The van der Waals surface area contributed by atoms with Gasteiger partial charge in [-0.3, -0.25) is 14.9 Å². The van der Waals surface area contributed by atoms with Crippen molar-refractivity contribution in [3.63, 3.8) is 0 Å². The Morgan fingerprint density at radius 3 is 2.78 bits per heavy atom. The largest absolute Gasteiger partial charge is 0.489 e. The average molecular weight is 380 g/mol. The lowest BCUT2D eigenvalue weighted by molar-refractivity contribution is 0.00452. The number of fused-ring (bicyclic) bond motifs is 3. The SMILES string of the molecule is Cn1c(=O)c2c(N)nccc2c2ccc(OCC(N)(F)C(F)CCF)cc21. The highest BCUT2D eigenvalue weighted by Crippen LogP contribution is 2.28. The van der Waals surface area contributed by atoms with Crippen LogP contribution < -0.4 is 21.8 Å². The maximum atomic E-state index is 14.1. The number of aryl methyl sites for hydroxylation is 1. The van der Waals surface area contributed by atoms with Crippen LogP contribution in [-0.4, -0.2) is 34.8 Å². The molecular formula is C18H19F3N4O2. The predicted molar refractivity (Wildman–Crippen MR) is 97.9 cm³/mol. The molecule has 0 aliphatic heterocycles. The molecule has 6 nitrogen and oxygen atoms in total. The van der Waals surface area contributed by atoms with E-state index in [1.54, 1.807) is 25.2 Å². The number of anilines is 1. The van der Waals surface area contributed by atoms with E-state index in [0.717, 1.165) is 0 Å². The summed E-state index contributed by atoms with van der Waals surface area (Å²) in [5, 5.41) is 1.64. The molecule has 0 aliphatic carbocycles. The van der Waals surface area contributed by atoms with Crippen LogP contribution in [0.2, 0.25) is 0 Å². The number of rotatable bonds is 6. The van der Waals surface area contributed by atoms with Gasteiger partial charge in [0.15, 0.2) is 6.17 Å². The average Bonchev–Trinajstić information content (AvgIpc) is 2.64. The summed E-state index contributed by atoms with van der Waals surface area (Å²) < 4.78 is 46.5. The van der Waals surface area contributed by atoms with Crippen LogP contribution in [0, 0.1) is 0 Å². The number of alkyl halides is 3. The molecule has 0 amide bonds. The van der Waals surface area contributed by atoms with Gasteiger partial charge in [0.25, 0.3) is 5.56 Å². The van der Waals surface area contributed by atoms with E-state index in [9.17, 15) is 18.0 Å². The lowest BCUT2D eigenvalue weighted by Gasteiger charge is -2.24. The minimum Gasteiger partial charge on any atom is -0.489 e. The molecule has 0 aliphatic rings. The molecule has 0 radical (unpaired) electrons. The van der Waals surface area contributed by atoms with Crippen molar-refractivity contribution in [3.8, 4) is 5.75 Å². The van der Waals surface area contributed by atoms with Gasteiger partial charge in [-0.2, -0.15) is 0 Å². The standard InChI is InChI=1S/C18H19F3N4O2/c1-25-13-8-10(27-9-18(21,23)14(20)4-6-19)2-3-11(13)12-5-7-24-16(22)15(12)17(25)26/h2-3,5,7-8,14H,4,6,9,23H2,1H3,(H2,22,24). The molecule has 0 spiro atoms. The summed E-state index contributed by atoms with van der Waals surface area (Å²) in [4.78, 5) is 16.5. The van der Waals surface area contributed by atoms with E-state index in [2.05, 4.69) is 4.98 Å². The smallest absolute Gasteiger partial charge is 0.262 e. The van der Waals surface area contributed by atoms with Gasteiger partial charge in [0.1, 0.15) is 18.2 Å². The predicted octanol–water partition coefficient (Wildman–Crippen LogP) is 2.37. The zero-order chi connectivity index (χ0) is 19.8. The van der Waals surface area contributed by atoms with Gasteiger partial charge in [0, 0.05) is 36.5 Å². The van der Waals surface area contributed by atoms with Crippen LogP contribution in [0.25, 0.3) is 21.7 Å². The first-order valence-corrected chi connectivity index (χ1v) is 8.24. The van der Waals surface area contributed by atoms with E-state index in [1.165, 1.54) is 16.8 Å². The van der Waals surface area contributed by atoms with Gasteiger partial charge in [-0.1, -0.05) is 0 Å². The Morgan fingerprint density at radius 1 is 1.33 bits per heavy atom. The molecule has 144 valence electrons. The summed E-state index contributed by atoms with van der Waals surface area (Å²) >= 11 is 0. The number of nitrogen functional groups attached to an aromatic ring is 1. The van der Waals surface area contributed by atoms with Crippen molar-refractivity contribution in [2.24, 2.45) is 12.8 Å². The number of benzene rings is 1. The summed E-state index contributed by atoms with van der Waals surface area (Å²) in [5.74, 6) is -2.50. The molecule has 0 bridgehead atoms. The monoisotopic (exact) mass is 380 g/mol. The van der Waals surface area contributed by atoms with Crippen molar-refractivity contribution in [1.29, 1.82) is 0 Å². The van der Waals surface area contributed by atoms with Gasteiger partial charge in [-0.15, -0.1) is 0 Å². The molecule has 3 rings (SSSR count). The lowest BCUT2D eigenvalue weighted by Crippen LogP contribution is -2.49. The molecule has 1 aromatic carbocycles. The molecule has 2 unspecified atom stereocenters. The molecule has 2 heterocycles. The van der Waals surface area contributed by atoms with E-state index in [1.807, 2.05) is 0 Å². The second-order valence-corrected chi connectivity index (χ2v) is 6.32. The Balaban J connectivity index is 2.00. The summed E-state index contributed by atoms with van der Waals surface area (Å²) in [6, 6.07) is 6.41. The summed E-state index contributed by atoms with van der Waals surface area (Å²) in [6.45, 7) is -1.81. The number of halogens is 3. The molecular weight excluding hydrogens is 361 g/mol. The fourth-order valence-corrected chi connectivity index (χ4v) is 2.93. The maximum Gasteiger partial charge on any atom is 0.262 e. The summed E-state index contributed by atoms with van der Waals surface area (Å²) in [7, 11) is 1.56. The first kappa shape index (κ1) is 19.0. The fraction of sp³-hybridized carbons (Fsp3) is 0.333. The van der Waals surface area contributed by atoms with Crippen LogP contribution in [0.1, 0.15) is 6.42 Å². The van der Waals surface area contributed by atoms with Crippen LogP contribution >= 0.6 is 0 Å². The topological polar surface area (TPSA) is 96.2 Å². The fourth-order valence-electron chi connectivity index (χ4n) is 2.93. The van der Waals surface area contributed by atoms with Crippen molar-refractivity contribution in [2.75, 3.05) is 19.0 Å². The van der Waals surface area contributed by atoms with Gasteiger partial charge in [-0.25, -0.2) is 13.8 Å². The molecule has 27 heavy (non-hydrogen) atoms. The van der Waals surface area contributed by atoms with Crippen molar-refractivity contribution in [1.82, 2.24) is 9.55 Å². The van der Waals surface area contributed by atoms with Crippen LogP contribution in [-0.2, 0) is 7.05 Å². The zero-order valence-electron chi connectivity index (χ0n) is 14.6. The van der Waals surface area contributed by atoms with Gasteiger partial charge in [-0.05, 0) is 18.2 Å². The number of nitrogens with zero attached hydrogens (tertiary/aromatic N) is 2. The molecule has 4 N–H and O–H groups in total. The normalized spacial score (nSPS) is 15.0. The minimum absolute atomic E-state index is 0.127. The van der Waals surface area contributed by atoms with Crippen molar-refractivity contribution < 1.29 is 17.9 Å². The molecule has 2 atom stereocenters. The Kier molecular flexibility index (Phi) is 4.97. The molecule has 2 aromatic heterocycles. The van der Waals surface area contributed by atoms with Crippen molar-refractivity contribution in [3.05, 3.63) is 40.8 Å². The molecule has 9 heteroatoms. The van der Waals surface area contributed by atoms with Crippen LogP contribution in [0.5, 0.6) is 5.75 Å². The number of aromatic nitrogens is 2. The van der Waals surface area contributed by atoms with E-state index in [0.29, 0.717) is 21.7 Å². The van der Waals surface area contributed by atoms with Gasteiger partial charge >= 0.3 is 0 Å². The Hall–Kier alpha value is -2.81. The highest BCUT2D eigenvalue weighted by atomic mass is 19.2. The van der Waals surface area contributed by atoms with Crippen molar-refractivity contribution in [2.45, 2.75) is 18.4 Å². The van der Waals surface area contributed by atoms with Gasteiger partial charge in [0.2, 0.25) is 5.79 Å². The number of hydrogen-bond acceptors (Lipinski definition) is 5. The highest BCUT2D eigenvalue weighted by molar-refractivity contribution is 6.08. The van der Waals surface area contributed by atoms with Crippen molar-refractivity contribution >= 4 is 27.5 Å². The Labute approximate surface area is 152 Å². The van der Waals surface area contributed by atoms with E-state index in [-0.39, 0.29) is 17.1 Å². The van der Waals surface area contributed by atoms with Gasteiger partial charge in [0.05, 0.1) is 17.6 Å². The lowest BCUT2D eigenvalue weighted by atomic mass is 10.1. The van der Waals surface area contributed by atoms with Crippen LogP contribution in [0.15, 0.2) is 35.3 Å². The second kappa shape index (κ2) is 7.07. The number of hydrogen-bond donors (Lipinski definition) is 2. The second-order valence-electron chi connectivity index (χ2n) is 6.32. The van der Waals surface area contributed by atoms with E-state index in [4.69, 9.17) is 16.2 Å². The molecule has 0 saturated carbocycles. The van der Waals surface area contributed by atoms with Crippen LogP contribution in [0.3, 0.4) is 0 Å². The maximum absolute atomic E-state index is 14.1. The van der Waals surface area contributed by atoms with E-state index >= 15 is 0 Å².